The third-order valence-corrected chi connectivity index (χ3v) is 3.37. The van der Waals surface area contributed by atoms with Gasteiger partial charge in [-0.05, 0) is 26.0 Å². The molecule has 21 heavy (non-hydrogen) atoms. The fourth-order valence-electron chi connectivity index (χ4n) is 2.02. The Morgan fingerprint density at radius 1 is 1.05 bits per heavy atom. The Morgan fingerprint density at radius 2 is 1.71 bits per heavy atom. The fraction of sp³-hybridized carbons (Fsp3) is 0.333. The van der Waals surface area contributed by atoms with Gasteiger partial charge in [0, 0.05) is 18.0 Å². The highest BCUT2D eigenvalue weighted by molar-refractivity contribution is 7.22. The van der Waals surface area contributed by atoms with E-state index < -0.39 is 8.46 Å². The summed E-state index contributed by atoms with van der Waals surface area (Å²) in [6.07, 6.45) is 3.81. The van der Waals surface area contributed by atoms with Gasteiger partial charge in [-0.25, -0.2) is 9.97 Å². The molecular formula is C15H18N2O3P+. The van der Waals surface area contributed by atoms with Crippen LogP contribution in [-0.2, 0) is 10.7 Å². The minimum absolute atomic E-state index is 0.419. The second kappa shape index (κ2) is 7.70. The molecule has 0 amide bonds. The lowest BCUT2D eigenvalue weighted by atomic mass is 10.1. The quantitative estimate of drug-likeness (QED) is 0.733. The van der Waals surface area contributed by atoms with Crippen molar-refractivity contribution in [2.75, 3.05) is 13.2 Å². The number of nitrogens with zero attached hydrogens (tertiary/aromatic N) is 2. The molecule has 2 aromatic rings. The number of hydrogen-bond acceptors (Lipinski definition) is 5. The zero-order chi connectivity index (χ0) is 15.1. The lowest BCUT2D eigenvalue weighted by Crippen LogP contribution is -2.03. The first-order chi connectivity index (χ1) is 10.3. The molecule has 0 saturated heterocycles. The van der Waals surface area contributed by atoms with E-state index >= 15 is 0 Å². The monoisotopic (exact) mass is 305 g/mol. The van der Waals surface area contributed by atoms with Crippen molar-refractivity contribution in [1.82, 2.24) is 9.97 Å². The van der Waals surface area contributed by atoms with Crippen LogP contribution in [-0.4, -0.2) is 23.2 Å². The predicted molar refractivity (Wildman–Crippen MR) is 82.5 cm³/mol. The Kier molecular flexibility index (Phi) is 5.64. The zero-order valence-electron chi connectivity index (χ0n) is 12.1. The molecule has 5 nitrogen and oxygen atoms in total. The highest BCUT2D eigenvalue weighted by Crippen LogP contribution is 2.40. The highest BCUT2D eigenvalue weighted by Gasteiger charge is 2.20. The minimum Gasteiger partial charge on any atom is -0.490 e. The van der Waals surface area contributed by atoms with E-state index in [1.54, 1.807) is 18.5 Å². The Bertz CT molecular complexity index is 605. The molecule has 0 saturated carbocycles. The van der Waals surface area contributed by atoms with Crippen LogP contribution < -0.4 is 9.47 Å². The summed E-state index contributed by atoms with van der Waals surface area (Å²) < 4.78 is 22.5. The van der Waals surface area contributed by atoms with Gasteiger partial charge >= 0.3 is 8.46 Å². The van der Waals surface area contributed by atoms with Crippen molar-refractivity contribution >= 4 is 8.46 Å². The third kappa shape index (κ3) is 3.56. The average Bonchev–Trinajstić information content (AvgIpc) is 2.52. The topological polar surface area (TPSA) is 61.3 Å². The molecule has 0 radical (unpaired) electrons. The van der Waals surface area contributed by atoms with Crippen LogP contribution in [0.25, 0.3) is 11.4 Å². The molecule has 6 heteroatoms. The molecule has 0 N–H and O–H groups in total. The van der Waals surface area contributed by atoms with Crippen molar-refractivity contribution in [3.8, 4) is 22.9 Å². The molecule has 0 spiro atoms. The Labute approximate surface area is 125 Å². The first kappa shape index (κ1) is 15.4. The highest BCUT2D eigenvalue weighted by atomic mass is 31.1. The van der Waals surface area contributed by atoms with Crippen LogP contribution in [0.2, 0.25) is 0 Å². The van der Waals surface area contributed by atoms with Crippen molar-refractivity contribution in [1.29, 1.82) is 0 Å². The summed E-state index contributed by atoms with van der Waals surface area (Å²) in [5.41, 5.74) is 1.65. The molecule has 0 aliphatic carbocycles. The number of benzene rings is 1. The van der Waals surface area contributed by atoms with Gasteiger partial charge in [0.05, 0.1) is 18.8 Å². The number of ether oxygens (including phenoxy) is 2. The molecular weight excluding hydrogens is 287 g/mol. The molecule has 0 aliphatic heterocycles. The van der Waals surface area contributed by atoms with Crippen LogP contribution in [0.15, 0.2) is 30.6 Å². The average molecular weight is 305 g/mol. The minimum atomic E-state index is -0.419. The summed E-state index contributed by atoms with van der Waals surface area (Å²) in [6.45, 7) is 4.83. The number of aromatic nitrogens is 2. The summed E-state index contributed by atoms with van der Waals surface area (Å²) in [6, 6.07) is 5.54. The Hall–Kier alpha value is -2.00. The summed E-state index contributed by atoms with van der Waals surface area (Å²) in [5.74, 6) is 1.83. The van der Waals surface area contributed by atoms with Gasteiger partial charge in [0.2, 0.25) is 0 Å². The van der Waals surface area contributed by atoms with Gasteiger partial charge in [-0.1, -0.05) is 10.6 Å². The molecule has 110 valence electrons. The van der Waals surface area contributed by atoms with Crippen LogP contribution in [0.1, 0.15) is 19.4 Å². The number of hydrogen-bond donors (Lipinski definition) is 0. The van der Waals surface area contributed by atoms with Crippen LogP contribution in [0.5, 0.6) is 11.5 Å². The summed E-state index contributed by atoms with van der Waals surface area (Å²) in [5, 5.41) is 0. The molecule has 1 heterocycles. The fourth-order valence-corrected chi connectivity index (χ4v) is 2.46. The van der Waals surface area contributed by atoms with Gasteiger partial charge in [0.25, 0.3) is 0 Å². The molecule has 0 bridgehead atoms. The van der Waals surface area contributed by atoms with E-state index in [0.29, 0.717) is 36.7 Å². The maximum atomic E-state index is 11.0. The zero-order valence-corrected chi connectivity index (χ0v) is 13.1. The lowest BCUT2D eigenvalue weighted by Gasteiger charge is -2.16. The third-order valence-electron chi connectivity index (χ3n) is 2.84. The van der Waals surface area contributed by atoms with E-state index in [-0.39, 0.29) is 0 Å². The van der Waals surface area contributed by atoms with E-state index in [4.69, 9.17) is 9.47 Å². The van der Waals surface area contributed by atoms with Crippen molar-refractivity contribution in [2.24, 2.45) is 0 Å². The summed E-state index contributed by atoms with van der Waals surface area (Å²) >= 11 is 0. The van der Waals surface area contributed by atoms with E-state index in [1.165, 1.54) is 0 Å². The van der Waals surface area contributed by atoms with Crippen LogP contribution in [0.3, 0.4) is 0 Å². The maximum absolute atomic E-state index is 11.0. The summed E-state index contributed by atoms with van der Waals surface area (Å²) in [7, 11) is -0.419. The SMILES string of the molecule is CCOc1c(C[PH+]=O)ccc(-c2ncccn2)c1OCC. The normalized spacial score (nSPS) is 10.6. The smallest absolute Gasteiger partial charge is 0.329 e. The van der Waals surface area contributed by atoms with Crippen LogP contribution in [0, 0.1) is 0 Å². The Balaban J connectivity index is 2.59. The Morgan fingerprint density at radius 3 is 2.33 bits per heavy atom. The van der Waals surface area contributed by atoms with Gasteiger partial charge in [0.1, 0.15) is 0 Å². The predicted octanol–water partition coefficient (Wildman–Crippen LogP) is 3.47. The first-order valence-corrected chi connectivity index (χ1v) is 7.97. The van der Waals surface area contributed by atoms with Gasteiger partial charge < -0.3 is 9.47 Å². The maximum Gasteiger partial charge on any atom is 0.329 e. The van der Waals surface area contributed by atoms with Crippen molar-refractivity contribution in [3.63, 3.8) is 0 Å². The second-order valence-corrected chi connectivity index (χ2v) is 4.83. The van der Waals surface area contributed by atoms with Crippen molar-refractivity contribution in [2.45, 2.75) is 20.0 Å². The van der Waals surface area contributed by atoms with Crippen LogP contribution in [0.4, 0.5) is 0 Å². The van der Waals surface area contributed by atoms with E-state index in [9.17, 15) is 4.57 Å². The molecule has 0 fully saturated rings. The van der Waals surface area contributed by atoms with Crippen LogP contribution >= 0.6 is 8.46 Å². The van der Waals surface area contributed by atoms with E-state index in [0.717, 1.165) is 11.1 Å². The molecule has 2 rings (SSSR count). The lowest BCUT2D eigenvalue weighted by molar-refractivity contribution is 0.287. The van der Waals surface area contributed by atoms with Gasteiger partial charge in [-0.15, -0.1) is 0 Å². The molecule has 1 aromatic carbocycles. The standard InChI is InChI=1S/C15H17N2O3P/c1-3-19-13-11(10-21-18)6-7-12(14(13)20-4-2)15-16-8-5-9-17-15/h5-9H,3-4,10H2,1-2H3/p+1. The van der Waals surface area contributed by atoms with E-state index in [1.807, 2.05) is 26.0 Å². The van der Waals surface area contributed by atoms with Crippen molar-refractivity contribution in [3.05, 3.63) is 36.2 Å². The van der Waals surface area contributed by atoms with Crippen molar-refractivity contribution < 1.29 is 14.0 Å². The molecule has 1 atom stereocenters. The molecule has 1 aromatic heterocycles. The largest absolute Gasteiger partial charge is 0.490 e. The van der Waals surface area contributed by atoms with Gasteiger partial charge in [-0.3, -0.25) is 0 Å². The summed E-state index contributed by atoms with van der Waals surface area (Å²) in [4.78, 5) is 8.52. The van der Waals surface area contributed by atoms with Gasteiger partial charge in [0.15, 0.2) is 23.5 Å². The van der Waals surface area contributed by atoms with Gasteiger partial charge in [-0.2, -0.15) is 0 Å². The second-order valence-electron chi connectivity index (χ2n) is 4.19. The molecule has 1 unspecified atom stereocenters. The molecule has 0 aliphatic rings. The first-order valence-electron chi connectivity index (χ1n) is 6.85. The van der Waals surface area contributed by atoms with E-state index in [2.05, 4.69) is 9.97 Å². The number of rotatable bonds is 7.